The number of hydrogen-bond acceptors (Lipinski definition) is 3. The van der Waals surface area contributed by atoms with Gasteiger partial charge in [0.1, 0.15) is 0 Å². The van der Waals surface area contributed by atoms with Gasteiger partial charge in [0.2, 0.25) is 6.41 Å². The Morgan fingerprint density at radius 2 is 1.80 bits per heavy atom. The number of hydrogen-bond donors (Lipinski definition) is 1. The fraction of sp³-hybridized carbons (Fsp3) is 0.909. The Bertz CT molecular complexity index is 166. The van der Waals surface area contributed by atoms with Crippen LogP contribution in [0.15, 0.2) is 0 Å². The Labute approximate surface area is 92.2 Å². The van der Waals surface area contributed by atoms with Crippen LogP contribution in [0.25, 0.3) is 0 Å². The van der Waals surface area contributed by atoms with Crippen molar-refractivity contribution in [2.75, 3.05) is 13.2 Å². The number of aliphatic hydroxyl groups excluding tert-OH is 1. The minimum absolute atomic E-state index is 0.246. The lowest BCUT2D eigenvalue weighted by Crippen LogP contribution is -2.33. The third-order valence-corrected chi connectivity index (χ3v) is 1.80. The van der Waals surface area contributed by atoms with E-state index in [0.717, 1.165) is 32.1 Å². The highest BCUT2D eigenvalue weighted by atomic mass is 16.7. The Hall–Kier alpha value is -0.610. The van der Waals surface area contributed by atoms with Crippen molar-refractivity contribution in [1.82, 2.24) is 5.06 Å². The van der Waals surface area contributed by atoms with E-state index in [4.69, 9.17) is 9.94 Å². The number of rotatable bonds is 8. The molecule has 0 aliphatic carbocycles. The van der Waals surface area contributed by atoms with Crippen LogP contribution in [0.4, 0.5) is 0 Å². The molecule has 90 valence electrons. The van der Waals surface area contributed by atoms with Gasteiger partial charge < -0.3 is 5.11 Å². The summed E-state index contributed by atoms with van der Waals surface area (Å²) in [6.07, 6.45) is 4.48. The Balaban J connectivity index is 3.58. The van der Waals surface area contributed by atoms with Crippen molar-refractivity contribution < 1.29 is 14.7 Å². The van der Waals surface area contributed by atoms with Gasteiger partial charge in [0, 0.05) is 13.2 Å². The van der Waals surface area contributed by atoms with Crippen LogP contribution < -0.4 is 0 Å². The molecule has 1 N–H and O–H groups in total. The quantitative estimate of drug-likeness (QED) is 0.382. The average Bonchev–Trinajstić information content (AvgIpc) is 2.14. The topological polar surface area (TPSA) is 49.8 Å². The molecular formula is C11H23NO3. The maximum atomic E-state index is 10.7. The molecule has 0 saturated heterocycles. The summed E-state index contributed by atoms with van der Waals surface area (Å²) in [4.78, 5) is 16.1. The minimum Gasteiger partial charge on any atom is -0.396 e. The standard InChI is InChI=1S/C11H23NO3/c1-11(2,3)15-12(10-14)8-6-4-5-7-9-13/h10,13H,4-9H2,1-3H3. The molecule has 0 fully saturated rings. The largest absolute Gasteiger partial charge is 0.396 e. The van der Waals surface area contributed by atoms with Crippen molar-refractivity contribution in [3.05, 3.63) is 0 Å². The van der Waals surface area contributed by atoms with E-state index in [1.807, 2.05) is 20.8 Å². The van der Waals surface area contributed by atoms with E-state index in [0.29, 0.717) is 6.54 Å². The van der Waals surface area contributed by atoms with Crippen LogP contribution >= 0.6 is 0 Å². The zero-order valence-corrected chi connectivity index (χ0v) is 10.0. The van der Waals surface area contributed by atoms with Crippen molar-refractivity contribution in [2.24, 2.45) is 0 Å². The van der Waals surface area contributed by atoms with E-state index in [9.17, 15) is 4.79 Å². The summed E-state index contributed by atoms with van der Waals surface area (Å²) in [5.74, 6) is 0. The summed E-state index contributed by atoms with van der Waals surface area (Å²) in [6.45, 7) is 6.60. The van der Waals surface area contributed by atoms with E-state index in [2.05, 4.69) is 0 Å². The van der Waals surface area contributed by atoms with Crippen molar-refractivity contribution in [3.8, 4) is 0 Å². The number of hydroxylamine groups is 2. The lowest BCUT2D eigenvalue weighted by atomic mass is 10.2. The van der Waals surface area contributed by atoms with E-state index < -0.39 is 0 Å². The number of aliphatic hydroxyl groups is 1. The molecule has 0 heterocycles. The zero-order chi connectivity index (χ0) is 11.7. The molecule has 0 bridgehead atoms. The average molecular weight is 217 g/mol. The number of carbonyl (C=O) groups excluding carboxylic acids is 1. The van der Waals surface area contributed by atoms with E-state index in [-0.39, 0.29) is 12.2 Å². The van der Waals surface area contributed by atoms with Crippen LogP contribution in [-0.2, 0) is 9.63 Å². The highest BCUT2D eigenvalue weighted by Crippen LogP contribution is 2.10. The van der Waals surface area contributed by atoms with Gasteiger partial charge in [-0.15, -0.1) is 0 Å². The molecule has 0 aromatic carbocycles. The van der Waals surface area contributed by atoms with Gasteiger partial charge in [0.15, 0.2) is 0 Å². The normalized spacial score (nSPS) is 11.5. The monoisotopic (exact) mass is 217 g/mol. The summed E-state index contributed by atoms with van der Waals surface area (Å²) in [5.41, 5.74) is -0.327. The van der Waals surface area contributed by atoms with Crippen molar-refractivity contribution in [3.63, 3.8) is 0 Å². The molecule has 0 rings (SSSR count). The fourth-order valence-electron chi connectivity index (χ4n) is 1.20. The first-order valence-corrected chi connectivity index (χ1v) is 5.51. The Kier molecular flexibility index (Phi) is 7.34. The first kappa shape index (κ1) is 14.4. The van der Waals surface area contributed by atoms with Gasteiger partial charge in [-0.1, -0.05) is 12.8 Å². The molecule has 4 nitrogen and oxygen atoms in total. The predicted molar refractivity (Wildman–Crippen MR) is 59.2 cm³/mol. The summed E-state index contributed by atoms with van der Waals surface area (Å²) in [7, 11) is 0. The van der Waals surface area contributed by atoms with Crippen LogP contribution in [0.3, 0.4) is 0 Å². The lowest BCUT2D eigenvalue weighted by Gasteiger charge is -2.26. The molecule has 0 saturated carbocycles. The molecule has 4 heteroatoms. The molecule has 0 atom stereocenters. The summed E-state index contributed by atoms with van der Waals surface area (Å²) < 4.78 is 0. The van der Waals surface area contributed by atoms with Gasteiger partial charge in [0.25, 0.3) is 0 Å². The van der Waals surface area contributed by atoms with Crippen molar-refractivity contribution >= 4 is 6.41 Å². The molecule has 0 radical (unpaired) electrons. The molecular weight excluding hydrogens is 194 g/mol. The SMILES string of the molecule is CC(C)(C)ON(C=O)CCCCCCO. The van der Waals surface area contributed by atoms with Gasteiger partial charge in [-0.2, -0.15) is 0 Å². The van der Waals surface area contributed by atoms with Crippen LogP contribution in [0.1, 0.15) is 46.5 Å². The van der Waals surface area contributed by atoms with Crippen LogP contribution in [0.2, 0.25) is 0 Å². The minimum atomic E-state index is -0.327. The van der Waals surface area contributed by atoms with Gasteiger partial charge in [-0.25, -0.2) is 5.06 Å². The molecule has 0 spiro atoms. The Morgan fingerprint density at radius 1 is 1.20 bits per heavy atom. The molecule has 15 heavy (non-hydrogen) atoms. The second-order valence-corrected chi connectivity index (χ2v) is 4.59. The summed E-state index contributed by atoms with van der Waals surface area (Å²) in [6, 6.07) is 0. The number of amides is 1. The van der Waals surface area contributed by atoms with E-state index >= 15 is 0 Å². The third kappa shape index (κ3) is 9.69. The maximum Gasteiger partial charge on any atom is 0.233 e. The highest BCUT2D eigenvalue weighted by molar-refractivity contribution is 5.44. The number of nitrogens with zero attached hydrogens (tertiary/aromatic N) is 1. The van der Waals surface area contributed by atoms with Crippen molar-refractivity contribution in [2.45, 2.75) is 52.1 Å². The Morgan fingerprint density at radius 3 is 2.27 bits per heavy atom. The van der Waals surface area contributed by atoms with E-state index in [1.54, 1.807) is 0 Å². The summed E-state index contributed by atoms with van der Waals surface area (Å²) >= 11 is 0. The molecule has 0 aliphatic heterocycles. The molecule has 0 aliphatic rings. The van der Waals surface area contributed by atoms with Gasteiger partial charge in [-0.3, -0.25) is 9.63 Å². The van der Waals surface area contributed by atoms with Crippen LogP contribution in [-0.4, -0.2) is 35.3 Å². The second-order valence-electron chi connectivity index (χ2n) is 4.59. The zero-order valence-electron chi connectivity index (χ0n) is 10.0. The van der Waals surface area contributed by atoms with Gasteiger partial charge in [-0.05, 0) is 33.6 Å². The molecule has 0 aromatic heterocycles. The predicted octanol–water partition coefficient (Wildman–Crippen LogP) is 1.73. The molecule has 1 amide bonds. The highest BCUT2D eigenvalue weighted by Gasteiger charge is 2.15. The third-order valence-electron chi connectivity index (χ3n) is 1.80. The first-order chi connectivity index (χ1) is 6.99. The number of carbonyl (C=O) groups is 1. The lowest BCUT2D eigenvalue weighted by molar-refractivity contribution is -0.216. The van der Waals surface area contributed by atoms with E-state index in [1.165, 1.54) is 5.06 Å². The first-order valence-electron chi connectivity index (χ1n) is 5.51. The van der Waals surface area contributed by atoms with Gasteiger partial charge in [0.05, 0.1) is 5.60 Å². The van der Waals surface area contributed by atoms with Crippen LogP contribution in [0, 0.1) is 0 Å². The second kappa shape index (κ2) is 7.65. The van der Waals surface area contributed by atoms with Crippen LogP contribution in [0.5, 0.6) is 0 Å². The van der Waals surface area contributed by atoms with Crippen molar-refractivity contribution in [1.29, 1.82) is 0 Å². The van der Waals surface area contributed by atoms with Gasteiger partial charge >= 0.3 is 0 Å². The summed E-state index contributed by atoms with van der Waals surface area (Å²) in [5, 5.41) is 9.93. The number of unbranched alkanes of at least 4 members (excludes halogenated alkanes) is 3. The smallest absolute Gasteiger partial charge is 0.233 e. The fourth-order valence-corrected chi connectivity index (χ4v) is 1.20. The maximum absolute atomic E-state index is 10.7. The molecule has 0 aromatic rings. The molecule has 0 unspecified atom stereocenters.